The summed E-state index contributed by atoms with van der Waals surface area (Å²) < 4.78 is 11.6. The smallest absolute Gasteiger partial charge is 0.339 e. The van der Waals surface area contributed by atoms with Gasteiger partial charge in [0.05, 0.1) is 6.04 Å². The summed E-state index contributed by atoms with van der Waals surface area (Å²) in [5, 5.41) is 0.982. The number of carbonyl (C=O) groups excluding carboxylic acids is 1. The molecule has 0 saturated carbocycles. The van der Waals surface area contributed by atoms with Crippen molar-refractivity contribution in [2.24, 2.45) is 0 Å². The fourth-order valence-corrected chi connectivity index (χ4v) is 4.99. The van der Waals surface area contributed by atoms with Gasteiger partial charge in [-0.05, 0) is 74.8 Å². The summed E-state index contributed by atoms with van der Waals surface area (Å²) in [7, 11) is 0. The average Bonchev–Trinajstić information content (AvgIpc) is 3.31. The molecule has 5 rings (SSSR count). The highest BCUT2D eigenvalue weighted by atomic mass is 16.5. The van der Waals surface area contributed by atoms with Gasteiger partial charge in [-0.3, -0.25) is 9.78 Å². The van der Waals surface area contributed by atoms with Crippen molar-refractivity contribution in [3.05, 3.63) is 69.3 Å². The SMILES string of the molecule is Cc1c(OCC(=O)N2CCCC[C@H]2c2cccnc2)ccc2c3c(c(=O)oc12)CCC3. The van der Waals surface area contributed by atoms with Crippen LogP contribution in [0.1, 0.15) is 54.0 Å². The van der Waals surface area contributed by atoms with E-state index >= 15 is 0 Å². The van der Waals surface area contributed by atoms with Crippen LogP contribution in [0.3, 0.4) is 0 Å². The number of carbonyl (C=O) groups is 1. The molecule has 31 heavy (non-hydrogen) atoms. The van der Waals surface area contributed by atoms with Gasteiger partial charge in [0.15, 0.2) is 6.61 Å². The molecule has 0 unspecified atom stereocenters. The summed E-state index contributed by atoms with van der Waals surface area (Å²) in [6.07, 6.45) is 9.28. The molecule has 1 saturated heterocycles. The number of likely N-dealkylation sites (tertiary alicyclic amines) is 1. The number of ether oxygens (including phenoxy) is 1. The normalized spacial score (nSPS) is 18.2. The molecule has 0 N–H and O–H groups in total. The van der Waals surface area contributed by atoms with Gasteiger partial charge in [-0.2, -0.15) is 0 Å². The number of amides is 1. The van der Waals surface area contributed by atoms with Gasteiger partial charge >= 0.3 is 5.63 Å². The zero-order valence-electron chi connectivity index (χ0n) is 17.7. The number of aromatic nitrogens is 1. The third kappa shape index (κ3) is 3.60. The van der Waals surface area contributed by atoms with Crippen molar-refractivity contribution in [1.29, 1.82) is 0 Å². The van der Waals surface area contributed by atoms with E-state index < -0.39 is 0 Å². The van der Waals surface area contributed by atoms with Crippen LogP contribution in [0, 0.1) is 6.92 Å². The first-order chi connectivity index (χ1) is 15.1. The van der Waals surface area contributed by atoms with Crippen LogP contribution in [-0.4, -0.2) is 28.9 Å². The molecule has 6 heteroatoms. The van der Waals surface area contributed by atoms with Crippen LogP contribution in [-0.2, 0) is 17.6 Å². The van der Waals surface area contributed by atoms with Crippen molar-refractivity contribution in [3.8, 4) is 5.75 Å². The number of pyridine rings is 1. The summed E-state index contributed by atoms with van der Waals surface area (Å²) >= 11 is 0. The predicted octanol–water partition coefficient (Wildman–Crippen LogP) is 4.12. The van der Waals surface area contributed by atoms with Crippen molar-refractivity contribution >= 4 is 16.9 Å². The molecule has 1 amide bonds. The Morgan fingerprint density at radius 3 is 2.90 bits per heavy atom. The quantitative estimate of drug-likeness (QED) is 0.596. The van der Waals surface area contributed by atoms with E-state index in [4.69, 9.17) is 9.15 Å². The molecule has 1 aromatic carbocycles. The molecule has 0 bridgehead atoms. The number of hydrogen-bond acceptors (Lipinski definition) is 5. The van der Waals surface area contributed by atoms with E-state index in [9.17, 15) is 9.59 Å². The van der Waals surface area contributed by atoms with E-state index in [2.05, 4.69) is 4.98 Å². The zero-order valence-corrected chi connectivity index (χ0v) is 17.7. The third-order valence-corrected chi connectivity index (χ3v) is 6.58. The molecule has 2 aromatic heterocycles. The first-order valence-electron chi connectivity index (χ1n) is 11.0. The van der Waals surface area contributed by atoms with Gasteiger partial charge in [0, 0.05) is 35.5 Å². The number of benzene rings is 1. The topological polar surface area (TPSA) is 72.6 Å². The minimum atomic E-state index is -0.246. The molecule has 1 aliphatic heterocycles. The summed E-state index contributed by atoms with van der Waals surface area (Å²) in [6, 6.07) is 7.81. The van der Waals surface area contributed by atoms with Gasteiger partial charge in [-0.15, -0.1) is 0 Å². The monoisotopic (exact) mass is 418 g/mol. The Morgan fingerprint density at radius 1 is 1.19 bits per heavy atom. The maximum absolute atomic E-state index is 13.0. The van der Waals surface area contributed by atoms with E-state index in [1.165, 1.54) is 0 Å². The lowest BCUT2D eigenvalue weighted by atomic mass is 9.96. The maximum Gasteiger partial charge on any atom is 0.339 e. The lowest BCUT2D eigenvalue weighted by Crippen LogP contribution is -2.41. The van der Waals surface area contributed by atoms with Crippen molar-refractivity contribution in [2.75, 3.05) is 13.2 Å². The van der Waals surface area contributed by atoms with E-state index in [0.29, 0.717) is 11.3 Å². The van der Waals surface area contributed by atoms with Crippen molar-refractivity contribution in [2.45, 2.75) is 51.5 Å². The second kappa shape index (κ2) is 8.17. The van der Waals surface area contributed by atoms with Gasteiger partial charge in [0.2, 0.25) is 0 Å². The lowest BCUT2D eigenvalue weighted by Gasteiger charge is -2.35. The van der Waals surface area contributed by atoms with Gasteiger partial charge in [0.25, 0.3) is 5.91 Å². The van der Waals surface area contributed by atoms with Crippen LogP contribution in [0.15, 0.2) is 45.9 Å². The Bertz CT molecular complexity index is 1190. The standard InChI is InChI=1S/C25H26N2O4/c1-16-22(11-10-19-18-7-4-8-20(18)25(29)31-24(16)19)30-15-23(28)27-13-3-2-9-21(27)17-6-5-12-26-14-17/h5-6,10-12,14,21H,2-4,7-9,13,15H2,1H3/t21-/m0/s1. The lowest BCUT2D eigenvalue weighted by molar-refractivity contribution is -0.137. The van der Waals surface area contributed by atoms with E-state index in [1.54, 1.807) is 6.20 Å². The molecule has 0 spiro atoms. The fraction of sp³-hybridized carbons (Fsp3) is 0.400. The minimum Gasteiger partial charge on any atom is -0.483 e. The Morgan fingerprint density at radius 2 is 2.06 bits per heavy atom. The van der Waals surface area contributed by atoms with Crippen LogP contribution in [0.2, 0.25) is 0 Å². The molecular weight excluding hydrogens is 392 g/mol. The molecule has 160 valence electrons. The highest BCUT2D eigenvalue weighted by Gasteiger charge is 2.28. The molecule has 3 heterocycles. The van der Waals surface area contributed by atoms with Crippen LogP contribution >= 0.6 is 0 Å². The first-order valence-corrected chi connectivity index (χ1v) is 11.0. The molecule has 3 aromatic rings. The average molecular weight is 418 g/mol. The fourth-order valence-electron chi connectivity index (χ4n) is 4.99. The molecule has 0 radical (unpaired) electrons. The number of hydrogen-bond donors (Lipinski definition) is 0. The zero-order chi connectivity index (χ0) is 21.4. The molecule has 1 aliphatic carbocycles. The first kappa shape index (κ1) is 19.8. The van der Waals surface area contributed by atoms with E-state index in [0.717, 1.165) is 72.7 Å². The Labute approximate surface area is 180 Å². The van der Waals surface area contributed by atoms with Gasteiger partial charge < -0.3 is 14.1 Å². The van der Waals surface area contributed by atoms with Gasteiger partial charge in [-0.1, -0.05) is 6.07 Å². The van der Waals surface area contributed by atoms with Crippen LogP contribution in [0.5, 0.6) is 5.75 Å². The van der Waals surface area contributed by atoms with Crippen LogP contribution in [0.25, 0.3) is 11.0 Å². The maximum atomic E-state index is 13.0. The Balaban J connectivity index is 1.37. The van der Waals surface area contributed by atoms with Crippen LogP contribution < -0.4 is 10.4 Å². The highest BCUT2D eigenvalue weighted by molar-refractivity contribution is 5.86. The number of nitrogens with zero attached hydrogens (tertiary/aromatic N) is 2. The molecule has 6 nitrogen and oxygen atoms in total. The minimum absolute atomic E-state index is 0.0385. The molecule has 1 atom stereocenters. The van der Waals surface area contributed by atoms with Gasteiger partial charge in [0.1, 0.15) is 11.3 Å². The third-order valence-electron chi connectivity index (χ3n) is 6.58. The number of rotatable bonds is 4. The molecular formula is C25H26N2O4. The van der Waals surface area contributed by atoms with E-state index in [-0.39, 0.29) is 24.2 Å². The summed E-state index contributed by atoms with van der Waals surface area (Å²) in [6.45, 7) is 2.56. The summed E-state index contributed by atoms with van der Waals surface area (Å²) in [4.78, 5) is 31.5. The van der Waals surface area contributed by atoms with E-state index in [1.807, 2.05) is 42.3 Å². The van der Waals surface area contributed by atoms with Gasteiger partial charge in [-0.25, -0.2) is 4.79 Å². The van der Waals surface area contributed by atoms with Crippen molar-refractivity contribution in [3.63, 3.8) is 0 Å². The Hall–Kier alpha value is -3.15. The number of fused-ring (bicyclic) bond motifs is 3. The van der Waals surface area contributed by atoms with Crippen LogP contribution in [0.4, 0.5) is 0 Å². The predicted molar refractivity (Wildman–Crippen MR) is 117 cm³/mol. The number of aryl methyl sites for hydroxylation is 2. The summed E-state index contributed by atoms with van der Waals surface area (Å²) in [5.41, 5.74) is 4.06. The molecule has 1 fully saturated rings. The highest BCUT2D eigenvalue weighted by Crippen LogP contribution is 2.34. The second-order valence-electron chi connectivity index (χ2n) is 8.44. The largest absolute Gasteiger partial charge is 0.483 e. The van der Waals surface area contributed by atoms with Crippen molar-refractivity contribution in [1.82, 2.24) is 9.88 Å². The van der Waals surface area contributed by atoms with Crippen molar-refractivity contribution < 1.29 is 13.9 Å². The Kier molecular flexibility index (Phi) is 5.22. The number of piperidine rings is 1. The molecule has 2 aliphatic rings. The second-order valence-corrected chi connectivity index (χ2v) is 8.44. The summed E-state index contributed by atoms with van der Waals surface area (Å²) in [5.74, 6) is 0.542.